The Hall–Kier alpha value is -2.54. The number of halogens is 4. The molecule has 2 rings (SSSR count). The van der Waals surface area contributed by atoms with Gasteiger partial charge in [-0.1, -0.05) is 11.6 Å². The highest BCUT2D eigenvalue weighted by atomic mass is 35.5. The number of hydrogen-bond acceptors (Lipinski definition) is 5. The van der Waals surface area contributed by atoms with Gasteiger partial charge in [-0.2, -0.15) is 18.4 Å². The summed E-state index contributed by atoms with van der Waals surface area (Å²) < 4.78 is 43.4. The molecular weight excluding hydrogens is 391 g/mol. The quantitative estimate of drug-likeness (QED) is 0.755. The Balaban J connectivity index is 1.98. The van der Waals surface area contributed by atoms with E-state index in [1.807, 2.05) is 6.07 Å². The lowest BCUT2D eigenvalue weighted by atomic mass is 10.00. The van der Waals surface area contributed by atoms with Gasteiger partial charge in [0.25, 0.3) is 11.5 Å². The van der Waals surface area contributed by atoms with Gasteiger partial charge >= 0.3 is 12.1 Å². The molecule has 1 aliphatic carbocycles. The number of pyridine rings is 1. The largest absolute Gasteiger partial charge is 0.454 e. The van der Waals surface area contributed by atoms with Crippen molar-refractivity contribution in [3.63, 3.8) is 0 Å². The summed E-state index contributed by atoms with van der Waals surface area (Å²) in [6.07, 6.45) is -1.77. The van der Waals surface area contributed by atoms with Gasteiger partial charge in [0.1, 0.15) is 17.1 Å². The van der Waals surface area contributed by atoms with E-state index < -0.39 is 52.9 Å². The number of hydrogen-bond donors (Lipinski definition) is 1. The fraction of sp³-hybridized carbons (Fsp3) is 0.500. The van der Waals surface area contributed by atoms with Gasteiger partial charge in [-0.05, 0) is 31.7 Å². The minimum absolute atomic E-state index is 0.443. The minimum atomic E-state index is -4.75. The van der Waals surface area contributed by atoms with Crippen LogP contribution in [0.25, 0.3) is 0 Å². The molecule has 0 aliphatic heterocycles. The molecule has 1 aromatic rings. The van der Waals surface area contributed by atoms with Crippen LogP contribution in [0.3, 0.4) is 0 Å². The van der Waals surface area contributed by atoms with E-state index in [9.17, 15) is 32.8 Å². The van der Waals surface area contributed by atoms with Gasteiger partial charge in [-0.25, -0.2) is 0 Å². The first-order chi connectivity index (χ1) is 12.6. The van der Waals surface area contributed by atoms with Crippen LogP contribution in [0, 0.1) is 11.3 Å². The van der Waals surface area contributed by atoms with Gasteiger partial charge in [0.2, 0.25) is 0 Å². The Kier molecular flexibility index (Phi) is 6.15. The molecule has 0 bridgehead atoms. The Labute approximate surface area is 156 Å². The van der Waals surface area contributed by atoms with Crippen LogP contribution in [-0.2, 0) is 27.0 Å². The zero-order valence-electron chi connectivity index (χ0n) is 13.9. The van der Waals surface area contributed by atoms with Crippen LogP contribution in [0.1, 0.15) is 31.2 Å². The highest BCUT2D eigenvalue weighted by Crippen LogP contribution is 2.30. The summed E-state index contributed by atoms with van der Waals surface area (Å²) in [5.74, 6) is -1.80. The number of nitrogens with zero attached hydrogens (tertiary/aromatic N) is 2. The summed E-state index contributed by atoms with van der Waals surface area (Å²) in [5, 5.41) is 11.0. The van der Waals surface area contributed by atoms with E-state index in [1.54, 1.807) is 0 Å². The molecule has 1 saturated carbocycles. The number of nitriles is 1. The molecule has 1 heterocycles. The van der Waals surface area contributed by atoms with Crippen LogP contribution >= 0.6 is 11.6 Å². The molecular formula is C16H15ClF3N3O4. The van der Waals surface area contributed by atoms with E-state index in [-0.39, 0.29) is 0 Å². The average Bonchev–Trinajstić information content (AvgIpc) is 3.05. The van der Waals surface area contributed by atoms with E-state index in [2.05, 4.69) is 10.1 Å². The van der Waals surface area contributed by atoms with Crippen molar-refractivity contribution < 1.29 is 27.5 Å². The fourth-order valence-electron chi connectivity index (χ4n) is 2.75. The molecule has 1 aliphatic rings. The topological polar surface area (TPSA) is 101 Å². The summed E-state index contributed by atoms with van der Waals surface area (Å²) in [6, 6.07) is 2.49. The van der Waals surface area contributed by atoms with Gasteiger partial charge in [-0.15, -0.1) is 0 Å². The van der Waals surface area contributed by atoms with E-state index in [1.165, 1.54) is 0 Å². The Morgan fingerprint density at radius 2 is 2.00 bits per heavy atom. The lowest BCUT2D eigenvalue weighted by Crippen LogP contribution is -2.46. The van der Waals surface area contributed by atoms with Crippen molar-refractivity contribution in [2.45, 2.75) is 43.9 Å². The molecule has 0 atom stereocenters. The van der Waals surface area contributed by atoms with Crippen LogP contribution in [0.2, 0.25) is 5.02 Å². The number of carbonyl (C=O) groups is 2. The van der Waals surface area contributed by atoms with Crippen molar-refractivity contribution in [1.29, 1.82) is 5.26 Å². The summed E-state index contributed by atoms with van der Waals surface area (Å²) in [7, 11) is 0. The van der Waals surface area contributed by atoms with Crippen LogP contribution in [0.5, 0.6) is 0 Å². The molecule has 1 aromatic heterocycles. The molecule has 11 heteroatoms. The van der Waals surface area contributed by atoms with Gasteiger partial charge in [-0.3, -0.25) is 14.4 Å². The van der Waals surface area contributed by atoms with Crippen molar-refractivity contribution in [3.05, 3.63) is 33.2 Å². The van der Waals surface area contributed by atoms with Crippen molar-refractivity contribution >= 4 is 23.5 Å². The zero-order chi connectivity index (χ0) is 20.2. The van der Waals surface area contributed by atoms with Crippen molar-refractivity contribution in [2.75, 3.05) is 6.61 Å². The molecule has 1 amide bonds. The third-order valence-corrected chi connectivity index (χ3v) is 4.35. The molecule has 27 heavy (non-hydrogen) atoms. The van der Waals surface area contributed by atoms with E-state index in [4.69, 9.17) is 11.6 Å². The molecule has 0 saturated heterocycles. The van der Waals surface area contributed by atoms with E-state index in [0.717, 1.165) is 12.8 Å². The summed E-state index contributed by atoms with van der Waals surface area (Å²) in [4.78, 5) is 35.4. The predicted molar refractivity (Wildman–Crippen MR) is 86.6 cm³/mol. The van der Waals surface area contributed by atoms with Crippen LogP contribution < -0.4 is 10.9 Å². The monoisotopic (exact) mass is 405 g/mol. The molecule has 0 unspecified atom stereocenters. The van der Waals surface area contributed by atoms with Gasteiger partial charge < -0.3 is 14.6 Å². The Morgan fingerprint density at radius 3 is 2.56 bits per heavy atom. The van der Waals surface area contributed by atoms with Crippen molar-refractivity contribution in [2.24, 2.45) is 0 Å². The summed E-state index contributed by atoms with van der Waals surface area (Å²) in [6.45, 7) is -1.57. The number of nitrogens with one attached hydrogen (secondary N) is 1. The third kappa shape index (κ3) is 5.23. The zero-order valence-corrected chi connectivity index (χ0v) is 14.7. The minimum Gasteiger partial charge on any atom is -0.454 e. The molecule has 0 spiro atoms. The number of carbonyl (C=O) groups excluding carboxylic acids is 2. The molecule has 0 radical (unpaired) electrons. The Bertz CT molecular complexity index is 839. The normalized spacial score (nSPS) is 15.8. The molecule has 1 N–H and O–H groups in total. The number of ether oxygens (including phenoxy) is 1. The average molecular weight is 406 g/mol. The smallest absolute Gasteiger partial charge is 0.417 e. The molecule has 146 valence electrons. The van der Waals surface area contributed by atoms with Crippen molar-refractivity contribution in [3.8, 4) is 6.07 Å². The highest BCUT2D eigenvalue weighted by Gasteiger charge is 2.35. The number of esters is 1. The van der Waals surface area contributed by atoms with Crippen LogP contribution in [-0.4, -0.2) is 28.6 Å². The first-order valence-electron chi connectivity index (χ1n) is 7.91. The number of alkyl halides is 3. The van der Waals surface area contributed by atoms with E-state index >= 15 is 0 Å². The lowest BCUT2D eigenvalue weighted by molar-refractivity contribution is -0.149. The first-order valence-corrected chi connectivity index (χ1v) is 8.29. The summed E-state index contributed by atoms with van der Waals surface area (Å²) in [5.41, 5.74) is -3.19. The van der Waals surface area contributed by atoms with E-state index in [0.29, 0.717) is 29.7 Å². The number of rotatable bonds is 5. The SMILES string of the molecule is N#CC1(NC(=O)COC(=O)Cn2cc(C(F)(F)F)cc(Cl)c2=O)CCCC1. The maximum atomic E-state index is 12.8. The standard InChI is InChI=1S/C16H15ClF3N3O4/c17-11-5-10(16(18,19)20)6-23(14(11)26)7-13(25)27-8-12(24)22-15(9-21)3-1-2-4-15/h5-6H,1-4,7-8H2,(H,22,24). The van der Waals surface area contributed by atoms with Crippen LogP contribution in [0.4, 0.5) is 13.2 Å². The fourth-order valence-corrected chi connectivity index (χ4v) is 2.97. The third-order valence-electron chi connectivity index (χ3n) is 4.08. The van der Waals surface area contributed by atoms with Gasteiger partial charge in [0.15, 0.2) is 6.61 Å². The van der Waals surface area contributed by atoms with Gasteiger partial charge in [0.05, 0.1) is 11.6 Å². The maximum Gasteiger partial charge on any atom is 0.417 e. The number of aromatic nitrogens is 1. The van der Waals surface area contributed by atoms with Gasteiger partial charge in [0, 0.05) is 6.20 Å². The Morgan fingerprint density at radius 1 is 1.37 bits per heavy atom. The number of amides is 1. The molecule has 0 aromatic carbocycles. The molecule has 7 nitrogen and oxygen atoms in total. The second-order valence-corrected chi connectivity index (χ2v) is 6.52. The first kappa shape index (κ1) is 20.8. The second kappa shape index (κ2) is 8.00. The highest BCUT2D eigenvalue weighted by molar-refractivity contribution is 6.30. The van der Waals surface area contributed by atoms with Crippen molar-refractivity contribution in [1.82, 2.24) is 9.88 Å². The van der Waals surface area contributed by atoms with Crippen LogP contribution in [0.15, 0.2) is 17.1 Å². The maximum absolute atomic E-state index is 12.8. The predicted octanol–water partition coefficient (Wildman–Crippen LogP) is 2.02. The lowest BCUT2D eigenvalue weighted by Gasteiger charge is -2.21. The molecule has 1 fully saturated rings. The summed E-state index contributed by atoms with van der Waals surface area (Å²) >= 11 is 5.48. The second-order valence-electron chi connectivity index (χ2n) is 6.12.